The number of para-hydroxylation sites is 1. The molecular weight excluding hydrogens is 336 g/mol. The van der Waals surface area contributed by atoms with Crippen molar-refractivity contribution in [1.29, 1.82) is 0 Å². The summed E-state index contributed by atoms with van der Waals surface area (Å²) in [7, 11) is 0. The third-order valence-electron chi connectivity index (χ3n) is 3.18. The minimum absolute atomic E-state index is 0. The molecule has 0 aliphatic heterocycles. The van der Waals surface area contributed by atoms with E-state index in [0.29, 0.717) is 0 Å². The van der Waals surface area contributed by atoms with Crippen LogP contribution in [0.4, 0.5) is 0 Å². The van der Waals surface area contributed by atoms with E-state index in [-0.39, 0.29) is 86.9 Å². The largest absolute Gasteiger partial charge is 1.00 e. The van der Waals surface area contributed by atoms with Gasteiger partial charge in [0, 0.05) is 18.0 Å². The van der Waals surface area contributed by atoms with E-state index in [1.807, 2.05) is 0 Å². The number of carbonyl (C=O) groups excluding carboxylic acids is 2. The summed E-state index contributed by atoms with van der Waals surface area (Å²) in [6.45, 7) is 0. The Bertz CT molecular complexity index is 998. The molecule has 3 rings (SSSR count). The molecule has 0 atom stereocenters. The summed E-state index contributed by atoms with van der Waals surface area (Å²) in [6.07, 6.45) is -0.726. The maximum atomic E-state index is 12.4. The van der Waals surface area contributed by atoms with Crippen LogP contribution in [0.1, 0.15) is 16.1 Å². The van der Waals surface area contributed by atoms with Gasteiger partial charge in [-0.1, -0.05) is 12.1 Å². The SMILES string of the molecule is O=C([O-])Cc1nc2oc3ccccc3c(=O)c2cc1C(=O)[O-].[Na+].[Na+]. The van der Waals surface area contributed by atoms with E-state index in [2.05, 4.69) is 4.98 Å². The van der Waals surface area contributed by atoms with Crippen LogP contribution in [-0.4, -0.2) is 16.9 Å². The average Bonchev–Trinajstić information content (AvgIpc) is 2.46. The van der Waals surface area contributed by atoms with Gasteiger partial charge in [-0.2, -0.15) is 0 Å². The number of carbonyl (C=O) groups is 2. The third kappa shape index (κ3) is 3.88. The second-order valence-electron chi connectivity index (χ2n) is 4.60. The van der Waals surface area contributed by atoms with E-state index < -0.39 is 29.4 Å². The van der Waals surface area contributed by atoms with E-state index in [0.717, 1.165) is 6.07 Å². The van der Waals surface area contributed by atoms with Crippen LogP contribution in [-0.2, 0) is 11.2 Å². The summed E-state index contributed by atoms with van der Waals surface area (Å²) >= 11 is 0. The van der Waals surface area contributed by atoms with Crippen molar-refractivity contribution in [3.05, 3.63) is 51.8 Å². The van der Waals surface area contributed by atoms with Crippen LogP contribution in [0, 0.1) is 0 Å². The molecule has 0 N–H and O–H groups in total. The molecule has 110 valence electrons. The van der Waals surface area contributed by atoms with E-state index in [1.54, 1.807) is 18.2 Å². The molecule has 2 aromatic heterocycles. The van der Waals surface area contributed by atoms with Crippen molar-refractivity contribution in [2.45, 2.75) is 6.42 Å². The van der Waals surface area contributed by atoms with Gasteiger partial charge in [0.25, 0.3) is 0 Å². The molecule has 2 heterocycles. The Kier molecular flexibility index (Phi) is 7.15. The molecule has 0 saturated carbocycles. The number of aromatic nitrogens is 1. The van der Waals surface area contributed by atoms with Gasteiger partial charge in [0.2, 0.25) is 11.1 Å². The Morgan fingerprint density at radius 2 is 1.75 bits per heavy atom. The number of nitrogens with zero attached hydrogens (tertiary/aromatic N) is 1. The number of carboxylic acids is 2. The normalized spacial score (nSPS) is 10.0. The molecule has 9 heteroatoms. The standard InChI is InChI=1S/C15H9NO6.2Na/c17-12(18)6-10-8(15(20)21)5-9-13(19)7-3-1-2-4-11(7)22-14(9)16-10;;/h1-5H,6H2,(H,17,18)(H,20,21);;/q;2*+1/p-2. The Hall–Kier alpha value is -1.22. The van der Waals surface area contributed by atoms with Crippen molar-refractivity contribution in [3.63, 3.8) is 0 Å². The minimum Gasteiger partial charge on any atom is -0.550 e. The first-order valence-corrected chi connectivity index (χ1v) is 6.24. The molecule has 0 aliphatic carbocycles. The van der Waals surface area contributed by atoms with Gasteiger partial charge in [-0.15, -0.1) is 0 Å². The van der Waals surface area contributed by atoms with Crippen molar-refractivity contribution >= 4 is 34.0 Å². The molecule has 7 nitrogen and oxygen atoms in total. The van der Waals surface area contributed by atoms with Crippen LogP contribution in [0.15, 0.2) is 39.5 Å². The summed E-state index contributed by atoms with van der Waals surface area (Å²) in [5, 5.41) is 22.0. The molecule has 0 unspecified atom stereocenters. The number of hydrogen-bond acceptors (Lipinski definition) is 7. The molecule has 3 aromatic rings. The smallest absolute Gasteiger partial charge is 0.550 e. The number of carboxylic acid groups (broad SMARTS) is 2. The van der Waals surface area contributed by atoms with Gasteiger partial charge in [-0.05, 0) is 18.2 Å². The first-order chi connectivity index (χ1) is 10.5. The molecular formula is C15H7NNa2O6. The summed E-state index contributed by atoms with van der Waals surface area (Å²) in [4.78, 5) is 38.0. The van der Waals surface area contributed by atoms with Crippen molar-refractivity contribution in [2.24, 2.45) is 0 Å². The molecule has 0 radical (unpaired) electrons. The zero-order chi connectivity index (χ0) is 15.9. The number of rotatable bonds is 3. The summed E-state index contributed by atoms with van der Waals surface area (Å²) in [5.74, 6) is -3.13. The zero-order valence-corrected chi connectivity index (χ0v) is 17.0. The average molecular weight is 343 g/mol. The topological polar surface area (TPSA) is 123 Å². The van der Waals surface area contributed by atoms with Crippen molar-refractivity contribution < 1.29 is 83.3 Å². The predicted molar refractivity (Wildman–Crippen MR) is 70.8 cm³/mol. The van der Waals surface area contributed by atoms with Gasteiger partial charge in [-0.3, -0.25) is 4.79 Å². The van der Waals surface area contributed by atoms with Crippen LogP contribution in [0.5, 0.6) is 0 Å². The van der Waals surface area contributed by atoms with Gasteiger partial charge in [0.15, 0.2) is 0 Å². The van der Waals surface area contributed by atoms with Gasteiger partial charge in [0.05, 0.1) is 22.4 Å². The maximum Gasteiger partial charge on any atom is 1.00 e. The molecule has 0 saturated heterocycles. The maximum absolute atomic E-state index is 12.4. The quantitative estimate of drug-likeness (QED) is 0.342. The Morgan fingerprint density at radius 1 is 1.08 bits per heavy atom. The van der Waals surface area contributed by atoms with Gasteiger partial charge >= 0.3 is 59.1 Å². The van der Waals surface area contributed by atoms with E-state index in [4.69, 9.17) is 4.42 Å². The van der Waals surface area contributed by atoms with Gasteiger partial charge < -0.3 is 24.2 Å². The second kappa shape index (κ2) is 8.24. The number of benzene rings is 1. The predicted octanol–water partition coefficient (Wildman–Crippen LogP) is -6.99. The van der Waals surface area contributed by atoms with Crippen molar-refractivity contribution in [1.82, 2.24) is 4.98 Å². The van der Waals surface area contributed by atoms with Crippen LogP contribution in [0.2, 0.25) is 0 Å². The van der Waals surface area contributed by atoms with Crippen molar-refractivity contribution in [2.75, 3.05) is 0 Å². The number of pyridine rings is 1. The van der Waals surface area contributed by atoms with Crippen LogP contribution >= 0.6 is 0 Å². The molecule has 0 aliphatic rings. The Labute approximate surface area is 179 Å². The second-order valence-corrected chi connectivity index (χ2v) is 4.60. The first kappa shape index (κ1) is 20.8. The fraction of sp³-hybridized carbons (Fsp3) is 0.0667. The fourth-order valence-corrected chi connectivity index (χ4v) is 2.21. The van der Waals surface area contributed by atoms with E-state index in [1.165, 1.54) is 6.07 Å². The summed E-state index contributed by atoms with van der Waals surface area (Å²) in [5.41, 5.74) is -1.07. The minimum atomic E-state index is -1.63. The number of aromatic carboxylic acids is 1. The molecule has 0 amide bonds. The summed E-state index contributed by atoms with van der Waals surface area (Å²) in [6, 6.07) is 7.42. The molecule has 0 fully saturated rings. The van der Waals surface area contributed by atoms with E-state index >= 15 is 0 Å². The molecule has 0 bridgehead atoms. The fourth-order valence-electron chi connectivity index (χ4n) is 2.21. The Balaban J connectivity index is 0.00000144. The zero-order valence-electron chi connectivity index (χ0n) is 13.0. The number of aliphatic carboxylic acids is 1. The van der Waals surface area contributed by atoms with Crippen LogP contribution in [0.25, 0.3) is 22.1 Å². The summed E-state index contributed by atoms with van der Waals surface area (Å²) < 4.78 is 5.45. The molecule has 1 aromatic carbocycles. The van der Waals surface area contributed by atoms with Crippen molar-refractivity contribution in [3.8, 4) is 0 Å². The van der Waals surface area contributed by atoms with Gasteiger partial charge in [-0.25, -0.2) is 4.98 Å². The molecule has 24 heavy (non-hydrogen) atoms. The monoisotopic (exact) mass is 343 g/mol. The van der Waals surface area contributed by atoms with Crippen LogP contribution in [0.3, 0.4) is 0 Å². The van der Waals surface area contributed by atoms with Crippen LogP contribution < -0.4 is 74.8 Å². The number of hydrogen-bond donors (Lipinski definition) is 0. The first-order valence-electron chi connectivity index (χ1n) is 6.24. The number of fused-ring (bicyclic) bond motifs is 2. The third-order valence-corrected chi connectivity index (χ3v) is 3.18. The van der Waals surface area contributed by atoms with Gasteiger partial charge in [0.1, 0.15) is 5.58 Å². The van der Waals surface area contributed by atoms with E-state index in [9.17, 15) is 24.6 Å². The molecule has 0 spiro atoms. The Morgan fingerprint density at radius 3 is 2.38 bits per heavy atom.